The number of Topliss-reactive ketones (excluding diaryl/α,β-unsaturated/α-hetero) is 2. The first kappa shape index (κ1) is 48.3. The molecule has 2 aliphatic carbocycles. The maximum Gasteiger partial charge on any atom is 0.390 e. The molecule has 4 heterocycles. The van der Waals surface area contributed by atoms with E-state index >= 15 is 0 Å². The lowest BCUT2D eigenvalue weighted by atomic mass is 9.98. The van der Waals surface area contributed by atoms with Crippen molar-refractivity contribution in [1.29, 1.82) is 0 Å². The van der Waals surface area contributed by atoms with E-state index in [9.17, 15) is 35.9 Å². The summed E-state index contributed by atoms with van der Waals surface area (Å²) in [6, 6.07) is 21.8. The average molecular weight is 977 g/mol. The van der Waals surface area contributed by atoms with Gasteiger partial charge in [-0.15, -0.1) is 0 Å². The highest BCUT2D eigenvalue weighted by Crippen LogP contribution is 2.37. The Morgan fingerprint density at radius 2 is 1.16 bits per heavy atom. The van der Waals surface area contributed by atoms with Crippen LogP contribution in [0.5, 0.6) is 5.75 Å². The van der Waals surface area contributed by atoms with Crippen LogP contribution >= 0.6 is 23.4 Å². The molecular formula is C49H47ClF6N8O3S. The number of nitrogens with zero attached hydrogens (tertiary/aromatic N) is 6. The third kappa shape index (κ3) is 12.3. The highest BCUT2D eigenvalue weighted by molar-refractivity contribution is 7.99. The minimum atomic E-state index is -4.27. The van der Waals surface area contributed by atoms with Crippen LogP contribution in [0.25, 0.3) is 33.8 Å². The van der Waals surface area contributed by atoms with E-state index in [-0.39, 0.29) is 29.8 Å². The summed E-state index contributed by atoms with van der Waals surface area (Å²) < 4.78 is 84.2. The zero-order valence-corrected chi connectivity index (χ0v) is 38.8. The highest BCUT2D eigenvalue weighted by atomic mass is 35.5. The topological polar surface area (TPSA) is 128 Å². The van der Waals surface area contributed by atoms with Crippen LogP contribution in [0.3, 0.4) is 0 Å². The number of fused-ring (bicyclic) bond motifs is 2. The zero-order chi connectivity index (χ0) is 48.3. The molecule has 2 aliphatic rings. The fourth-order valence-corrected chi connectivity index (χ4v) is 8.69. The molecule has 9 rings (SSSR count). The first-order valence-electron chi connectivity index (χ1n) is 22.1. The maximum atomic E-state index is 12.8. The number of methoxy groups -OCH3 is 1. The van der Waals surface area contributed by atoms with Gasteiger partial charge in [-0.05, 0) is 105 Å². The smallest absolute Gasteiger partial charge is 0.390 e. The summed E-state index contributed by atoms with van der Waals surface area (Å²) in [4.78, 5) is 34.8. The van der Waals surface area contributed by atoms with Crippen molar-refractivity contribution in [3.63, 3.8) is 0 Å². The number of aryl methyl sites for hydroxylation is 2. The van der Waals surface area contributed by atoms with Crippen molar-refractivity contribution in [1.82, 2.24) is 29.2 Å². The van der Waals surface area contributed by atoms with Crippen molar-refractivity contribution in [3.8, 4) is 28.3 Å². The number of hydrogen-bond acceptors (Lipinski definition) is 10. The predicted molar refractivity (Wildman–Crippen MR) is 250 cm³/mol. The first-order valence-corrected chi connectivity index (χ1v) is 23.3. The normalized spacial score (nSPS) is 13.9. The molecule has 3 aromatic carbocycles. The molecule has 0 bridgehead atoms. The van der Waals surface area contributed by atoms with Gasteiger partial charge in [0.1, 0.15) is 10.8 Å². The number of aromatic nitrogens is 6. The number of imidazole rings is 2. The molecular weight excluding hydrogens is 930 g/mol. The molecule has 0 radical (unpaired) electrons. The van der Waals surface area contributed by atoms with Crippen molar-refractivity contribution >= 4 is 57.6 Å². The van der Waals surface area contributed by atoms with Crippen molar-refractivity contribution in [3.05, 3.63) is 113 Å². The van der Waals surface area contributed by atoms with E-state index in [1.165, 1.54) is 22.3 Å². The number of ketones is 2. The first-order chi connectivity index (χ1) is 32.4. The van der Waals surface area contributed by atoms with E-state index < -0.39 is 25.2 Å². The number of anilines is 2. The van der Waals surface area contributed by atoms with Gasteiger partial charge in [0.15, 0.2) is 28.0 Å². The second kappa shape index (κ2) is 20.2. The Balaban J connectivity index is 0.000000189. The molecule has 0 spiro atoms. The average Bonchev–Trinajstić information content (AvgIpc) is 4.19. The molecule has 0 atom stereocenters. The molecule has 356 valence electrons. The minimum Gasteiger partial charge on any atom is -0.497 e. The summed E-state index contributed by atoms with van der Waals surface area (Å²) in [5, 5.41) is 15.4. The number of ether oxygens (including phenoxy) is 1. The maximum absolute atomic E-state index is 12.8. The Morgan fingerprint density at radius 3 is 1.60 bits per heavy atom. The van der Waals surface area contributed by atoms with Crippen molar-refractivity contribution in [2.24, 2.45) is 11.8 Å². The van der Waals surface area contributed by atoms with Crippen LogP contribution in [0.4, 0.5) is 37.7 Å². The quantitative estimate of drug-likeness (QED) is 0.0672. The van der Waals surface area contributed by atoms with Gasteiger partial charge in [-0.2, -0.15) is 36.5 Å². The van der Waals surface area contributed by atoms with Gasteiger partial charge in [0.25, 0.3) is 0 Å². The van der Waals surface area contributed by atoms with Crippen LogP contribution in [-0.2, 0) is 0 Å². The Bertz CT molecular complexity index is 2970. The molecule has 4 aromatic heterocycles. The number of carbonyl (C=O) groups is 2. The molecule has 2 saturated carbocycles. The number of halogens is 7. The SMILES string of the molecule is COc1ccc(Sc2cc(NCCC(F)(F)F)c3ncc(-c4ccc(C(=O)CC5CC5)c(C)c4)n3n2)cc1.Cc1cc(-c2cnc3c(NCCC(F)(F)F)cc(Cl)nn23)ccc1C(=O)CC1CC1. The van der Waals surface area contributed by atoms with Gasteiger partial charge in [-0.1, -0.05) is 47.6 Å². The minimum absolute atomic E-state index is 0.129. The van der Waals surface area contributed by atoms with Crippen LogP contribution in [0.2, 0.25) is 5.15 Å². The van der Waals surface area contributed by atoms with Gasteiger partial charge in [0, 0.05) is 59.1 Å². The predicted octanol–water partition coefficient (Wildman–Crippen LogP) is 12.9. The number of carbonyl (C=O) groups excluding carboxylic acids is 2. The molecule has 7 aromatic rings. The molecule has 0 aliphatic heterocycles. The second-order valence-corrected chi connectivity index (χ2v) is 18.6. The summed E-state index contributed by atoms with van der Waals surface area (Å²) in [6.07, 6.45) is -1.58. The van der Waals surface area contributed by atoms with Crippen molar-refractivity contribution < 1.29 is 40.7 Å². The fourth-order valence-electron chi connectivity index (χ4n) is 7.69. The van der Waals surface area contributed by atoms with Gasteiger partial charge in [0.05, 0.1) is 55.1 Å². The third-order valence-corrected chi connectivity index (χ3v) is 12.7. The van der Waals surface area contributed by atoms with Gasteiger partial charge in [-0.25, -0.2) is 19.0 Å². The molecule has 11 nitrogen and oxygen atoms in total. The molecule has 19 heteroatoms. The summed E-state index contributed by atoms with van der Waals surface area (Å²) in [7, 11) is 1.59. The lowest BCUT2D eigenvalue weighted by Crippen LogP contribution is -2.15. The molecule has 2 fully saturated rings. The van der Waals surface area contributed by atoms with Crippen LogP contribution in [0, 0.1) is 25.7 Å². The Labute approximate surface area is 397 Å². The second-order valence-electron chi connectivity index (χ2n) is 17.1. The van der Waals surface area contributed by atoms with E-state index in [2.05, 4.69) is 25.7 Å². The van der Waals surface area contributed by atoms with E-state index in [1.54, 1.807) is 30.1 Å². The van der Waals surface area contributed by atoms with Gasteiger partial charge in [0.2, 0.25) is 0 Å². The molecule has 0 saturated heterocycles. The van der Waals surface area contributed by atoms with E-state index in [4.69, 9.17) is 21.4 Å². The van der Waals surface area contributed by atoms with Crippen molar-refractivity contribution in [2.45, 2.75) is 87.5 Å². The molecule has 2 N–H and O–H groups in total. The molecule has 68 heavy (non-hydrogen) atoms. The number of alkyl halides is 6. The summed E-state index contributed by atoms with van der Waals surface area (Å²) in [5.74, 6) is 2.05. The number of hydrogen-bond donors (Lipinski definition) is 2. The monoisotopic (exact) mass is 976 g/mol. The number of rotatable bonds is 17. The van der Waals surface area contributed by atoms with E-state index in [1.807, 2.05) is 74.5 Å². The van der Waals surface area contributed by atoms with Gasteiger partial charge in [-0.3, -0.25) is 9.59 Å². The van der Waals surface area contributed by atoms with Crippen molar-refractivity contribution in [2.75, 3.05) is 30.8 Å². The van der Waals surface area contributed by atoms with Gasteiger partial charge < -0.3 is 15.4 Å². The zero-order valence-electron chi connectivity index (χ0n) is 37.3. The summed E-state index contributed by atoms with van der Waals surface area (Å²) in [5.41, 5.74) is 7.71. The largest absolute Gasteiger partial charge is 0.497 e. The lowest BCUT2D eigenvalue weighted by molar-refractivity contribution is -0.132. The molecule has 0 unspecified atom stereocenters. The lowest BCUT2D eigenvalue weighted by Gasteiger charge is -2.13. The Kier molecular flexibility index (Phi) is 14.4. The van der Waals surface area contributed by atoms with E-state index in [0.717, 1.165) is 58.6 Å². The Hall–Kier alpha value is -6.14. The fraction of sp³-hybridized carbons (Fsp3) is 0.347. The van der Waals surface area contributed by atoms with Crippen LogP contribution in [0.15, 0.2) is 95.1 Å². The standard InChI is InChI=1S/C28H27F3N4O2S.C21H20ClF3N4O/c1-17-13-19(5-10-22(17)25(36)14-18-3-4-18)24-16-33-27-23(32-12-11-28(29,30)31)15-26(34-35(24)27)38-21-8-6-20(37-2)7-9-21;1-12-8-14(4-5-15(12)18(30)9-13-2-3-13)17-11-27-20-16(10-19(22)28-29(17)20)26-7-6-21(23,24)25/h5-10,13,15-16,18,32H,3-4,11-12,14H2,1-2H3;4-5,8,10-11,13,26H,2-3,6-7,9H2,1H3. The van der Waals surface area contributed by atoms with Crippen LogP contribution in [0.1, 0.15) is 83.2 Å². The highest BCUT2D eigenvalue weighted by Gasteiger charge is 2.29. The summed E-state index contributed by atoms with van der Waals surface area (Å²) in [6.45, 7) is 3.22. The number of nitrogens with one attached hydrogen (secondary N) is 2. The third-order valence-electron chi connectivity index (χ3n) is 11.6. The summed E-state index contributed by atoms with van der Waals surface area (Å²) >= 11 is 7.48. The Morgan fingerprint density at radius 1 is 0.691 bits per heavy atom. The number of benzene rings is 3. The van der Waals surface area contributed by atoms with Crippen LogP contribution < -0.4 is 15.4 Å². The van der Waals surface area contributed by atoms with Crippen LogP contribution in [-0.4, -0.2) is 73.3 Å². The molecule has 0 amide bonds. The van der Waals surface area contributed by atoms with E-state index in [0.29, 0.717) is 74.9 Å². The van der Waals surface area contributed by atoms with Gasteiger partial charge >= 0.3 is 12.4 Å².